The summed E-state index contributed by atoms with van der Waals surface area (Å²) in [6.07, 6.45) is 0.310. The van der Waals surface area contributed by atoms with Crippen LogP contribution in [0.25, 0.3) is 0 Å². The van der Waals surface area contributed by atoms with E-state index in [1.807, 2.05) is 6.92 Å². The van der Waals surface area contributed by atoms with Crippen LogP contribution in [0.3, 0.4) is 0 Å². The minimum atomic E-state index is -0.282. The molecule has 98 valence electrons. The van der Waals surface area contributed by atoms with Crippen LogP contribution in [0.1, 0.15) is 23.0 Å². The zero-order chi connectivity index (χ0) is 13.1. The number of nitrogens with one attached hydrogen (secondary N) is 3. The molecular weight excluding hydrogens is 254 g/mol. The number of nitrogen functional groups attached to an aromatic ring is 1. The quantitative estimate of drug-likeness (QED) is 0.604. The van der Waals surface area contributed by atoms with Crippen molar-refractivity contribution in [3.8, 4) is 0 Å². The smallest absolute Gasteiger partial charge is 0.265 e. The predicted molar refractivity (Wildman–Crippen MR) is 69.6 cm³/mol. The monoisotopic (exact) mass is 269 g/mol. The Bertz CT molecular complexity index is 473. The first kappa shape index (κ1) is 12.6. The molecule has 2 heterocycles. The molecule has 2 rings (SSSR count). The molecule has 1 aromatic rings. The molecule has 1 fully saturated rings. The highest BCUT2D eigenvalue weighted by Crippen LogP contribution is 2.24. The number of thiazole rings is 1. The zero-order valence-electron chi connectivity index (χ0n) is 9.95. The number of aromatic nitrogens is 1. The van der Waals surface area contributed by atoms with E-state index in [0.717, 1.165) is 6.54 Å². The van der Waals surface area contributed by atoms with Gasteiger partial charge in [-0.2, -0.15) is 0 Å². The van der Waals surface area contributed by atoms with E-state index in [0.29, 0.717) is 23.0 Å². The van der Waals surface area contributed by atoms with Gasteiger partial charge in [-0.1, -0.05) is 11.3 Å². The molecule has 0 spiro atoms. The number of nitrogens with zero attached hydrogens (tertiary/aromatic N) is 1. The molecule has 0 aliphatic carbocycles. The lowest BCUT2D eigenvalue weighted by Gasteiger charge is -2.08. The lowest BCUT2D eigenvalue weighted by Crippen LogP contribution is -2.36. The summed E-state index contributed by atoms with van der Waals surface area (Å²) >= 11 is 1.21. The maximum atomic E-state index is 12.0. The Labute approximate surface area is 108 Å². The fourth-order valence-corrected chi connectivity index (χ4v) is 2.54. The largest absolute Gasteiger partial charge is 0.382 e. The van der Waals surface area contributed by atoms with Crippen molar-refractivity contribution in [1.29, 1.82) is 0 Å². The Hall–Kier alpha value is -1.83. The van der Waals surface area contributed by atoms with Crippen molar-refractivity contribution in [2.45, 2.75) is 19.4 Å². The van der Waals surface area contributed by atoms with Crippen LogP contribution in [0.4, 0.5) is 10.9 Å². The van der Waals surface area contributed by atoms with E-state index in [2.05, 4.69) is 20.9 Å². The van der Waals surface area contributed by atoms with Crippen LogP contribution in [-0.2, 0) is 4.79 Å². The van der Waals surface area contributed by atoms with Crippen molar-refractivity contribution < 1.29 is 9.59 Å². The lowest BCUT2D eigenvalue weighted by atomic mass is 10.2. The van der Waals surface area contributed by atoms with Gasteiger partial charge < -0.3 is 21.7 Å². The van der Waals surface area contributed by atoms with Crippen LogP contribution in [0.5, 0.6) is 0 Å². The third-order valence-corrected chi connectivity index (χ3v) is 3.53. The summed E-state index contributed by atoms with van der Waals surface area (Å²) in [6, 6.07) is -0.172. The number of carbonyl (C=O) groups excluding carboxylic acids is 2. The molecule has 1 saturated heterocycles. The van der Waals surface area contributed by atoms with Crippen molar-refractivity contribution in [1.82, 2.24) is 15.6 Å². The fourth-order valence-electron chi connectivity index (χ4n) is 1.68. The first-order chi connectivity index (χ1) is 8.60. The summed E-state index contributed by atoms with van der Waals surface area (Å²) in [5.74, 6) is -0.118. The van der Waals surface area contributed by atoms with E-state index in [-0.39, 0.29) is 23.7 Å². The molecule has 1 aliphatic rings. The Kier molecular flexibility index (Phi) is 3.66. The number of hydrogen-bond acceptors (Lipinski definition) is 6. The molecule has 7 nitrogen and oxygen atoms in total. The molecule has 2 amide bonds. The van der Waals surface area contributed by atoms with Gasteiger partial charge in [0.05, 0.1) is 6.04 Å². The van der Waals surface area contributed by atoms with Crippen LogP contribution in [0.15, 0.2) is 0 Å². The van der Waals surface area contributed by atoms with Gasteiger partial charge >= 0.3 is 0 Å². The predicted octanol–water partition coefficient (Wildman–Crippen LogP) is -0.225. The normalized spacial score (nSPS) is 18.5. The van der Waals surface area contributed by atoms with Crippen molar-refractivity contribution in [3.05, 3.63) is 4.88 Å². The minimum absolute atomic E-state index is 0.0501. The standard InChI is InChI=1S/C10H15N5O2S/c1-2-12-10-15-8(11)7(18-10)9(17)14-5-3-6(16)13-4-5/h5H,2-4,11H2,1H3,(H,12,15)(H,13,16)(H,14,17). The number of rotatable bonds is 4. The van der Waals surface area contributed by atoms with Gasteiger partial charge in [0.15, 0.2) is 5.13 Å². The van der Waals surface area contributed by atoms with E-state index < -0.39 is 0 Å². The summed E-state index contributed by atoms with van der Waals surface area (Å²) in [4.78, 5) is 27.4. The molecule has 0 saturated carbocycles. The number of anilines is 2. The van der Waals surface area contributed by atoms with Gasteiger partial charge in [0.25, 0.3) is 5.91 Å². The molecule has 5 N–H and O–H groups in total. The highest BCUT2D eigenvalue weighted by molar-refractivity contribution is 7.18. The Morgan fingerprint density at radius 2 is 2.44 bits per heavy atom. The van der Waals surface area contributed by atoms with Crippen molar-refractivity contribution in [2.75, 3.05) is 24.1 Å². The molecule has 8 heteroatoms. The van der Waals surface area contributed by atoms with Crippen molar-refractivity contribution in [2.24, 2.45) is 0 Å². The van der Waals surface area contributed by atoms with Gasteiger partial charge in [-0.05, 0) is 6.92 Å². The molecule has 1 unspecified atom stereocenters. The summed E-state index contributed by atoms with van der Waals surface area (Å²) in [5, 5.41) is 9.05. The van der Waals surface area contributed by atoms with Gasteiger partial charge in [0.2, 0.25) is 5.91 Å². The van der Waals surface area contributed by atoms with Gasteiger partial charge in [-0.15, -0.1) is 0 Å². The maximum absolute atomic E-state index is 12.0. The Balaban J connectivity index is 2.02. The molecule has 18 heavy (non-hydrogen) atoms. The number of nitrogens with two attached hydrogens (primary N) is 1. The van der Waals surface area contributed by atoms with Crippen LogP contribution in [0, 0.1) is 0 Å². The number of amides is 2. The third-order valence-electron chi connectivity index (χ3n) is 2.50. The second-order valence-electron chi connectivity index (χ2n) is 3.94. The highest BCUT2D eigenvalue weighted by atomic mass is 32.1. The average Bonchev–Trinajstić information content (AvgIpc) is 2.86. The summed E-state index contributed by atoms with van der Waals surface area (Å²) in [7, 11) is 0. The molecule has 0 aromatic carbocycles. The molecule has 0 radical (unpaired) electrons. The van der Waals surface area contributed by atoms with Gasteiger partial charge in [-0.25, -0.2) is 4.98 Å². The average molecular weight is 269 g/mol. The van der Waals surface area contributed by atoms with E-state index in [9.17, 15) is 9.59 Å². The van der Waals surface area contributed by atoms with Gasteiger partial charge in [-0.3, -0.25) is 9.59 Å². The van der Waals surface area contributed by atoms with Crippen molar-refractivity contribution >= 4 is 34.1 Å². The second kappa shape index (κ2) is 5.21. The molecular formula is C10H15N5O2S. The Morgan fingerprint density at radius 1 is 1.67 bits per heavy atom. The molecule has 1 aromatic heterocycles. The first-order valence-corrected chi connectivity index (χ1v) is 6.49. The Morgan fingerprint density at radius 3 is 3.06 bits per heavy atom. The van der Waals surface area contributed by atoms with E-state index in [4.69, 9.17) is 5.73 Å². The summed E-state index contributed by atoms with van der Waals surface area (Å²) in [5.41, 5.74) is 5.69. The topological polar surface area (TPSA) is 109 Å². The van der Waals surface area contributed by atoms with Gasteiger partial charge in [0.1, 0.15) is 10.7 Å². The summed E-state index contributed by atoms with van der Waals surface area (Å²) < 4.78 is 0. The van der Waals surface area contributed by atoms with E-state index in [1.54, 1.807) is 0 Å². The SMILES string of the molecule is CCNc1nc(N)c(C(=O)NC2CNC(=O)C2)s1. The van der Waals surface area contributed by atoms with Crippen LogP contribution in [0.2, 0.25) is 0 Å². The van der Waals surface area contributed by atoms with Crippen LogP contribution in [-0.4, -0.2) is 35.9 Å². The second-order valence-corrected chi connectivity index (χ2v) is 4.94. The third kappa shape index (κ3) is 2.70. The van der Waals surface area contributed by atoms with E-state index in [1.165, 1.54) is 11.3 Å². The number of carbonyl (C=O) groups is 2. The van der Waals surface area contributed by atoms with Crippen LogP contribution < -0.4 is 21.7 Å². The first-order valence-electron chi connectivity index (χ1n) is 5.68. The molecule has 1 aliphatic heterocycles. The highest BCUT2D eigenvalue weighted by Gasteiger charge is 2.25. The lowest BCUT2D eigenvalue weighted by molar-refractivity contribution is -0.119. The summed E-state index contributed by atoms with van der Waals surface area (Å²) in [6.45, 7) is 3.12. The molecule has 1 atom stereocenters. The van der Waals surface area contributed by atoms with Crippen molar-refractivity contribution in [3.63, 3.8) is 0 Å². The van der Waals surface area contributed by atoms with Gasteiger partial charge in [0, 0.05) is 19.5 Å². The van der Waals surface area contributed by atoms with E-state index >= 15 is 0 Å². The minimum Gasteiger partial charge on any atom is -0.382 e. The number of hydrogen-bond donors (Lipinski definition) is 4. The maximum Gasteiger partial charge on any atom is 0.265 e. The fraction of sp³-hybridized carbons (Fsp3) is 0.500. The van der Waals surface area contributed by atoms with Crippen LogP contribution >= 0.6 is 11.3 Å². The zero-order valence-corrected chi connectivity index (χ0v) is 10.8. The molecule has 0 bridgehead atoms.